The molecule has 2 rings (SSSR count). The Morgan fingerprint density at radius 2 is 2.00 bits per heavy atom. The second-order valence-corrected chi connectivity index (χ2v) is 6.45. The lowest BCUT2D eigenvalue weighted by atomic mass is 9.83. The molecule has 7 nitrogen and oxygen atoms in total. The topological polar surface area (TPSA) is 76.4 Å². The van der Waals surface area contributed by atoms with Crippen LogP contribution in [0.25, 0.3) is 0 Å². The molecule has 1 fully saturated rings. The highest BCUT2D eigenvalue weighted by molar-refractivity contribution is 14.0. The highest BCUT2D eigenvalue weighted by Crippen LogP contribution is 2.40. The molecule has 0 spiro atoms. The molecule has 24 heavy (non-hydrogen) atoms. The molecule has 8 heteroatoms. The Balaban J connectivity index is 0.00000288. The van der Waals surface area contributed by atoms with Crippen molar-refractivity contribution in [3.05, 3.63) is 11.6 Å². The van der Waals surface area contributed by atoms with Crippen molar-refractivity contribution in [1.82, 2.24) is 25.4 Å². The maximum Gasteiger partial charge on any atom is 0.191 e. The first-order valence-electron chi connectivity index (χ1n) is 8.38. The van der Waals surface area contributed by atoms with Crippen molar-refractivity contribution in [2.24, 2.45) is 17.5 Å². The lowest BCUT2D eigenvalue weighted by Crippen LogP contribution is -2.43. The van der Waals surface area contributed by atoms with Crippen LogP contribution in [0, 0.1) is 12.3 Å². The summed E-state index contributed by atoms with van der Waals surface area (Å²) in [7, 11) is 5.55. The van der Waals surface area contributed by atoms with E-state index in [9.17, 15) is 0 Å². The number of halogens is 1. The Morgan fingerprint density at radius 1 is 1.29 bits per heavy atom. The molecule has 0 atom stereocenters. The Hall–Kier alpha value is -0.900. The van der Waals surface area contributed by atoms with Gasteiger partial charge in [0, 0.05) is 34.4 Å². The van der Waals surface area contributed by atoms with Gasteiger partial charge in [-0.2, -0.15) is 0 Å². The van der Waals surface area contributed by atoms with Gasteiger partial charge in [0.05, 0.1) is 6.54 Å². The largest absolute Gasteiger partial charge is 0.385 e. The fourth-order valence-corrected chi connectivity index (χ4v) is 3.22. The van der Waals surface area contributed by atoms with Crippen LogP contribution in [-0.4, -0.2) is 48.0 Å². The molecule has 1 saturated carbocycles. The third-order valence-corrected chi connectivity index (χ3v) is 4.95. The van der Waals surface area contributed by atoms with Crippen molar-refractivity contribution in [2.75, 3.05) is 27.3 Å². The average molecular weight is 450 g/mol. The molecular weight excluding hydrogens is 419 g/mol. The summed E-state index contributed by atoms with van der Waals surface area (Å²) in [6.45, 7) is 4.32. The number of hydrogen-bond donors (Lipinski definition) is 2. The number of rotatable bonds is 7. The van der Waals surface area contributed by atoms with Crippen molar-refractivity contribution in [3.63, 3.8) is 0 Å². The van der Waals surface area contributed by atoms with Gasteiger partial charge in [-0.1, -0.05) is 12.8 Å². The number of nitrogens with one attached hydrogen (secondary N) is 2. The van der Waals surface area contributed by atoms with E-state index in [1.54, 1.807) is 14.2 Å². The van der Waals surface area contributed by atoms with Gasteiger partial charge in [-0.25, -0.2) is 0 Å². The van der Waals surface area contributed by atoms with E-state index >= 15 is 0 Å². The molecule has 0 aromatic carbocycles. The number of hydrogen-bond acceptors (Lipinski definition) is 4. The summed E-state index contributed by atoms with van der Waals surface area (Å²) in [4.78, 5) is 4.32. The molecule has 0 unspecified atom stereocenters. The molecule has 1 aliphatic rings. The van der Waals surface area contributed by atoms with Gasteiger partial charge < -0.3 is 19.9 Å². The van der Waals surface area contributed by atoms with E-state index in [4.69, 9.17) is 4.74 Å². The lowest BCUT2D eigenvalue weighted by molar-refractivity contribution is 0.138. The van der Waals surface area contributed by atoms with Gasteiger partial charge in [-0.3, -0.25) is 4.99 Å². The van der Waals surface area contributed by atoms with E-state index in [-0.39, 0.29) is 24.0 Å². The first kappa shape index (κ1) is 21.1. The zero-order chi connectivity index (χ0) is 16.7. The third kappa shape index (κ3) is 5.58. The minimum atomic E-state index is 0. The Kier molecular flexibility index (Phi) is 8.96. The van der Waals surface area contributed by atoms with E-state index < -0.39 is 0 Å². The average Bonchev–Trinajstić information content (AvgIpc) is 3.15. The van der Waals surface area contributed by atoms with Crippen molar-refractivity contribution in [1.29, 1.82) is 0 Å². The summed E-state index contributed by atoms with van der Waals surface area (Å²) in [6, 6.07) is 0. The van der Waals surface area contributed by atoms with Gasteiger partial charge >= 0.3 is 0 Å². The van der Waals surface area contributed by atoms with Crippen LogP contribution >= 0.6 is 24.0 Å². The standard InChI is InChI=1S/C16H30N6O.HI/c1-13-20-21-14(22(13)3)11-18-15(17-2)19-12-16(9-10-23-4)7-5-6-8-16;/h5-12H2,1-4H3,(H2,17,18,19);1H. The van der Waals surface area contributed by atoms with Crippen molar-refractivity contribution in [3.8, 4) is 0 Å². The van der Waals surface area contributed by atoms with Gasteiger partial charge in [-0.05, 0) is 31.6 Å². The molecule has 0 saturated heterocycles. The fraction of sp³-hybridized carbons (Fsp3) is 0.812. The second-order valence-electron chi connectivity index (χ2n) is 6.45. The molecule has 0 amide bonds. The van der Waals surface area contributed by atoms with Gasteiger partial charge in [0.2, 0.25) is 0 Å². The van der Waals surface area contributed by atoms with Crippen LogP contribution in [0.5, 0.6) is 0 Å². The summed E-state index contributed by atoms with van der Waals surface area (Å²) in [5, 5.41) is 15.0. The second kappa shape index (κ2) is 10.2. The number of ether oxygens (including phenoxy) is 1. The normalized spacial score (nSPS) is 16.8. The summed E-state index contributed by atoms with van der Waals surface area (Å²) in [5.74, 6) is 2.63. The van der Waals surface area contributed by atoms with Crippen LogP contribution < -0.4 is 10.6 Å². The molecule has 0 bridgehead atoms. The van der Waals surface area contributed by atoms with Crippen LogP contribution in [-0.2, 0) is 18.3 Å². The van der Waals surface area contributed by atoms with Crippen molar-refractivity contribution in [2.45, 2.75) is 45.6 Å². The van der Waals surface area contributed by atoms with Crippen LogP contribution in [0.1, 0.15) is 43.8 Å². The minimum absolute atomic E-state index is 0. The van der Waals surface area contributed by atoms with Gasteiger partial charge in [0.15, 0.2) is 11.8 Å². The maximum absolute atomic E-state index is 5.29. The summed E-state index contributed by atoms with van der Waals surface area (Å²) in [5.41, 5.74) is 0.342. The molecule has 0 aliphatic heterocycles. The molecular formula is C16H31IN6O. The van der Waals surface area contributed by atoms with E-state index in [2.05, 4.69) is 25.8 Å². The third-order valence-electron chi connectivity index (χ3n) is 4.95. The number of aromatic nitrogens is 3. The maximum atomic E-state index is 5.29. The minimum Gasteiger partial charge on any atom is -0.385 e. The van der Waals surface area contributed by atoms with Crippen LogP contribution in [0.15, 0.2) is 4.99 Å². The van der Waals surface area contributed by atoms with Crippen LogP contribution in [0.3, 0.4) is 0 Å². The van der Waals surface area contributed by atoms with Crippen molar-refractivity contribution >= 4 is 29.9 Å². The van der Waals surface area contributed by atoms with Crippen LogP contribution in [0.4, 0.5) is 0 Å². The van der Waals surface area contributed by atoms with E-state index in [0.717, 1.165) is 37.2 Å². The number of nitrogens with zero attached hydrogens (tertiary/aromatic N) is 4. The zero-order valence-electron chi connectivity index (χ0n) is 15.3. The summed E-state index contributed by atoms with van der Waals surface area (Å²) >= 11 is 0. The number of aryl methyl sites for hydroxylation is 1. The summed E-state index contributed by atoms with van der Waals surface area (Å²) < 4.78 is 7.27. The Bertz CT molecular complexity index is 525. The lowest BCUT2D eigenvalue weighted by Gasteiger charge is -2.29. The Morgan fingerprint density at radius 3 is 2.54 bits per heavy atom. The predicted molar refractivity (Wildman–Crippen MR) is 107 cm³/mol. The Labute approximate surface area is 162 Å². The SMILES string of the molecule is CN=C(NCc1nnc(C)n1C)NCC1(CCOC)CCCC1.I. The number of aliphatic imine (C=N–C) groups is 1. The highest BCUT2D eigenvalue weighted by Gasteiger charge is 2.33. The molecule has 1 aromatic heterocycles. The first-order chi connectivity index (χ1) is 11.1. The quantitative estimate of drug-likeness (QED) is 0.378. The van der Waals surface area contributed by atoms with E-state index in [0.29, 0.717) is 12.0 Å². The van der Waals surface area contributed by atoms with Gasteiger partial charge in [-0.15, -0.1) is 34.2 Å². The molecule has 1 aliphatic carbocycles. The summed E-state index contributed by atoms with van der Waals surface area (Å²) in [6.07, 6.45) is 6.27. The van der Waals surface area contributed by atoms with Crippen LogP contribution in [0.2, 0.25) is 0 Å². The molecule has 138 valence electrons. The highest BCUT2D eigenvalue weighted by atomic mass is 127. The first-order valence-corrected chi connectivity index (χ1v) is 8.38. The smallest absolute Gasteiger partial charge is 0.191 e. The fourth-order valence-electron chi connectivity index (χ4n) is 3.22. The predicted octanol–water partition coefficient (Wildman–Crippen LogP) is 2.00. The van der Waals surface area contributed by atoms with E-state index in [1.807, 2.05) is 18.5 Å². The monoisotopic (exact) mass is 450 g/mol. The zero-order valence-corrected chi connectivity index (χ0v) is 17.6. The van der Waals surface area contributed by atoms with Gasteiger partial charge in [0.1, 0.15) is 5.82 Å². The number of methoxy groups -OCH3 is 1. The van der Waals surface area contributed by atoms with Gasteiger partial charge in [0.25, 0.3) is 0 Å². The van der Waals surface area contributed by atoms with Crippen molar-refractivity contribution < 1.29 is 4.74 Å². The van der Waals surface area contributed by atoms with E-state index in [1.165, 1.54) is 25.7 Å². The molecule has 0 radical (unpaired) electrons. The number of guanidine groups is 1. The molecule has 2 N–H and O–H groups in total. The molecule has 1 heterocycles. The molecule has 1 aromatic rings.